The second kappa shape index (κ2) is 16.5. The van der Waals surface area contributed by atoms with Gasteiger partial charge in [-0.05, 0) is 42.7 Å². The molecule has 0 unspecified atom stereocenters. The lowest BCUT2D eigenvalue weighted by atomic mass is 10.0. The van der Waals surface area contributed by atoms with Crippen molar-refractivity contribution < 1.29 is 23.4 Å². The van der Waals surface area contributed by atoms with E-state index in [1.165, 1.54) is 6.07 Å². The van der Waals surface area contributed by atoms with Crippen molar-refractivity contribution in [2.24, 2.45) is 0 Å². The molecule has 0 atom stereocenters. The zero-order valence-electron chi connectivity index (χ0n) is 24.7. The molecule has 0 spiro atoms. The molecule has 2 heterocycles. The molecule has 1 N–H and O–H groups in total. The van der Waals surface area contributed by atoms with Gasteiger partial charge in [-0.25, -0.2) is 4.39 Å². The molecule has 1 aliphatic rings. The number of pyridine rings is 1. The number of carbonyl (C=O) groups is 1. The zero-order valence-corrected chi connectivity index (χ0v) is 25.5. The molecule has 3 aromatic rings. The van der Waals surface area contributed by atoms with Crippen molar-refractivity contribution in [2.75, 3.05) is 73.2 Å². The Hall–Kier alpha value is -3.18. The van der Waals surface area contributed by atoms with Gasteiger partial charge in [0.05, 0.1) is 37.8 Å². The Morgan fingerprint density at radius 2 is 1.69 bits per heavy atom. The second-order valence-corrected chi connectivity index (χ2v) is 10.2. The van der Waals surface area contributed by atoms with Gasteiger partial charge in [0.2, 0.25) is 5.91 Å². The highest BCUT2D eigenvalue weighted by molar-refractivity contribution is 5.89. The maximum absolute atomic E-state index is 15.2. The number of amides is 1. The summed E-state index contributed by atoms with van der Waals surface area (Å²) < 4.78 is 33.4. The molecule has 1 saturated heterocycles. The summed E-state index contributed by atoms with van der Waals surface area (Å²) in [6, 6.07) is 9.99. The minimum Gasteiger partial charge on any atom is -0.497 e. The predicted molar refractivity (Wildman–Crippen MR) is 166 cm³/mol. The number of hydrogen-bond acceptors (Lipinski definition) is 7. The van der Waals surface area contributed by atoms with Crippen LogP contribution in [0.4, 0.5) is 4.39 Å². The fourth-order valence-electron chi connectivity index (χ4n) is 5.07. The van der Waals surface area contributed by atoms with E-state index in [2.05, 4.69) is 15.1 Å². The summed E-state index contributed by atoms with van der Waals surface area (Å²) in [6.45, 7) is 8.89. The maximum Gasteiger partial charge on any atom is 0.234 e. The van der Waals surface area contributed by atoms with Crippen molar-refractivity contribution in [2.45, 2.75) is 26.3 Å². The third-order valence-electron chi connectivity index (χ3n) is 7.34. The third kappa shape index (κ3) is 8.44. The molecule has 1 fully saturated rings. The lowest BCUT2D eigenvalue weighted by Gasteiger charge is -2.34. The van der Waals surface area contributed by atoms with Crippen LogP contribution in [0.5, 0.6) is 11.5 Å². The van der Waals surface area contributed by atoms with Gasteiger partial charge < -0.3 is 24.1 Å². The van der Waals surface area contributed by atoms with Crippen LogP contribution in [0.3, 0.4) is 0 Å². The Labute approximate surface area is 252 Å². The molecule has 11 heteroatoms. The Bertz CT molecular complexity index is 1360. The number of ether oxygens (including phenoxy) is 3. The van der Waals surface area contributed by atoms with Gasteiger partial charge in [-0.3, -0.25) is 19.4 Å². The standard InChI is InChI=1S/C31H41FN4O5.ClH/c1-4-19-41-27-11-10-26(32)29-30(27)36(21-25(31(29)38)23-6-8-24(40-3)9-7-23)13-5-12-33-28(37)22-35-16-14-34(15-17-35)18-20-39-2;/h6-11,21H,4-5,12-20,22H2,1-3H3,(H,33,37);1H. The topological polar surface area (TPSA) is 85.3 Å². The Morgan fingerprint density at radius 3 is 2.36 bits per heavy atom. The molecule has 2 aromatic carbocycles. The second-order valence-electron chi connectivity index (χ2n) is 10.2. The summed E-state index contributed by atoms with van der Waals surface area (Å²) >= 11 is 0. The number of halogens is 2. The normalized spacial score (nSPS) is 14.0. The van der Waals surface area contributed by atoms with E-state index in [4.69, 9.17) is 14.2 Å². The average Bonchev–Trinajstić information content (AvgIpc) is 2.99. The van der Waals surface area contributed by atoms with E-state index in [0.717, 1.165) is 39.1 Å². The number of benzene rings is 2. The highest BCUT2D eigenvalue weighted by atomic mass is 35.5. The van der Waals surface area contributed by atoms with E-state index in [-0.39, 0.29) is 23.7 Å². The molecule has 9 nitrogen and oxygen atoms in total. The molecule has 1 aromatic heterocycles. The van der Waals surface area contributed by atoms with Crippen LogP contribution in [-0.2, 0) is 16.1 Å². The van der Waals surface area contributed by atoms with Crippen LogP contribution in [0.1, 0.15) is 19.8 Å². The van der Waals surface area contributed by atoms with E-state index in [0.29, 0.717) is 67.4 Å². The molecule has 42 heavy (non-hydrogen) atoms. The molecular formula is C31H42ClFN4O5. The van der Waals surface area contributed by atoms with Crippen molar-refractivity contribution in [3.8, 4) is 22.6 Å². The van der Waals surface area contributed by atoms with Gasteiger partial charge >= 0.3 is 0 Å². The zero-order chi connectivity index (χ0) is 29.2. The first-order valence-corrected chi connectivity index (χ1v) is 14.3. The van der Waals surface area contributed by atoms with E-state index in [1.807, 2.05) is 11.5 Å². The fourth-order valence-corrected chi connectivity index (χ4v) is 5.07. The minimum absolute atomic E-state index is 0. The summed E-state index contributed by atoms with van der Waals surface area (Å²) in [6.07, 6.45) is 3.14. The maximum atomic E-state index is 15.2. The van der Waals surface area contributed by atoms with Crippen LogP contribution >= 0.6 is 12.4 Å². The highest BCUT2D eigenvalue weighted by Gasteiger charge is 2.20. The first kappa shape index (κ1) is 33.3. The van der Waals surface area contributed by atoms with Crippen LogP contribution in [0.2, 0.25) is 0 Å². The van der Waals surface area contributed by atoms with Gasteiger partial charge in [-0.2, -0.15) is 0 Å². The van der Waals surface area contributed by atoms with Crippen molar-refractivity contribution in [1.82, 2.24) is 19.7 Å². The summed E-state index contributed by atoms with van der Waals surface area (Å²) in [5.41, 5.74) is 1.09. The highest BCUT2D eigenvalue weighted by Crippen LogP contribution is 2.30. The number of piperazine rings is 1. The van der Waals surface area contributed by atoms with Crippen molar-refractivity contribution >= 4 is 29.2 Å². The Balaban J connectivity index is 0.00000484. The minimum atomic E-state index is -0.589. The summed E-state index contributed by atoms with van der Waals surface area (Å²) in [5.74, 6) is 0.529. The average molecular weight is 605 g/mol. The fraction of sp³-hybridized carbons (Fsp3) is 0.484. The molecule has 1 amide bonds. The van der Waals surface area contributed by atoms with Gasteiger partial charge in [0, 0.05) is 64.7 Å². The lowest BCUT2D eigenvalue weighted by Crippen LogP contribution is -2.50. The van der Waals surface area contributed by atoms with E-state index in [9.17, 15) is 9.59 Å². The third-order valence-corrected chi connectivity index (χ3v) is 7.34. The molecular weight excluding hydrogens is 563 g/mol. The quantitative estimate of drug-likeness (QED) is 0.280. The van der Waals surface area contributed by atoms with Gasteiger partial charge in [-0.1, -0.05) is 19.1 Å². The monoisotopic (exact) mass is 604 g/mol. The van der Waals surface area contributed by atoms with E-state index < -0.39 is 11.2 Å². The molecule has 0 radical (unpaired) electrons. The van der Waals surface area contributed by atoms with Crippen molar-refractivity contribution in [3.63, 3.8) is 0 Å². The number of nitrogens with one attached hydrogen (secondary N) is 1. The number of aromatic nitrogens is 1. The molecule has 0 bridgehead atoms. The van der Waals surface area contributed by atoms with Gasteiger partial charge in [0.25, 0.3) is 0 Å². The molecule has 4 rings (SSSR count). The van der Waals surface area contributed by atoms with Gasteiger partial charge in [-0.15, -0.1) is 12.4 Å². The SMILES string of the molecule is CCCOc1ccc(F)c2c(=O)c(-c3ccc(OC)cc3)cn(CCCNC(=O)CN3CCN(CCOC)CC3)c12.Cl. The number of hydrogen-bond donors (Lipinski definition) is 1. The number of fused-ring (bicyclic) bond motifs is 1. The van der Waals surface area contributed by atoms with Crippen LogP contribution in [0.15, 0.2) is 47.4 Å². The molecule has 0 saturated carbocycles. The summed E-state index contributed by atoms with van der Waals surface area (Å²) in [7, 11) is 3.28. The Morgan fingerprint density at radius 1 is 0.976 bits per heavy atom. The number of aryl methyl sites for hydroxylation is 1. The summed E-state index contributed by atoms with van der Waals surface area (Å²) in [4.78, 5) is 30.7. The van der Waals surface area contributed by atoms with Crippen LogP contribution < -0.4 is 20.2 Å². The first-order chi connectivity index (χ1) is 19.9. The number of carbonyl (C=O) groups excluding carboxylic acids is 1. The van der Waals surface area contributed by atoms with Crippen LogP contribution in [-0.4, -0.2) is 93.5 Å². The van der Waals surface area contributed by atoms with Crippen LogP contribution in [0, 0.1) is 5.82 Å². The van der Waals surface area contributed by atoms with E-state index in [1.54, 1.807) is 50.7 Å². The van der Waals surface area contributed by atoms with Crippen molar-refractivity contribution in [1.29, 1.82) is 0 Å². The van der Waals surface area contributed by atoms with Gasteiger partial charge in [0.1, 0.15) is 17.3 Å². The molecule has 230 valence electrons. The van der Waals surface area contributed by atoms with Gasteiger partial charge in [0.15, 0.2) is 5.43 Å². The van der Waals surface area contributed by atoms with Crippen molar-refractivity contribution in [3.05, 3.63) is 58.6 Å². The largest absolute Gasteiger partial charge is 0.497 e. The smallest absolute Gasteiger partial charge is 0.234 e. The number of nitrogens with zero attached hydrogens (tertiary/aromatic N) is 3. The van der Waals surface area contributed by atoms with Crippen LogP contribution in [0.25, 0.3) is 22.0 Å². The van der Waals surface area contributed by atoms with E-state index >= 15 is 4.39 Å². The Kier molecular flexibility index (Phi) is 13.1. The lowest BCUT2D eigenvalue weighted by molar-refractivity contribution is -0.122. The predicted octanol–water partition coefficient (Wildman–Crippen LogP) is 3.80. The summed E-state index contributed by atoms with van der Waals surface area (Å²) in [5, 5.41) is 3.02. The number of rotatable bonds is 14. The molecule has 1 aliphatic heterocycles. The number of methoxy groups -OCH3 is 2. The molecule has 0 aliphatic carbocycles. The first-order valence-electron chi connectivity index (χ1n) is 14.3.